The third-order valence-corrected chi connectivity index (χ3v) is 3.02. The quantitative estimate of drug-likeness (QED) is 0.819. The summed E-state index contributed by atoms with van der Waals surface area (Å²) in [5.74, 6) is -2.86. The standard InChI is InChI=1S/C13H17F2NO2/c1-3-8(4-2)7-16-12-5-9(13(17)18)10(14)6-11(12)15/h5-6,8,16H,3-4,7H2,1-2H3,(H,17,18). The van der Waals surface area contributed by atoms with Gasteiger partial charge in [-0.05, 0) is 12.0 Å². The summed E-state index contributed by atoms with van der Waals surface area (Å²) in [6.07, 6.45) is 1.89. The van der Waals surface area contributed by atoms with Crippen molar-refractivity contribution >= 4 is 11.7 Å². The number of hydrogen-bond donors (Lipinski definition) is 2. The molecule has 0 spiro atoms. The largest absolute Gasteiger partial charge is 0.478 e. The Labute approximate surface area is 105 Å². The summed E-state index contributed by atoms with van der Waals surface area (Å²) in [5, 5.41) is 11.6. The van der Waals surface area contributed by atoms with E-state index < -0.39 is 23.2 Å². The minimum atomic E-state index is -1.40. The van der Waals surface area contributed by atoms with Crippen LogP contribution in [0, 0.1) is 17.6 Å². The minimum absolute atomic E-state index is 0.0284. The van der Waals surface area contributed by atoms with Gasteiger partial charge in [0.1, 0.15) is 11.6 Å². The van der Waals surface area contributed by atoms with Gasteiger partial charge < -0.3 is 10.4 Å². The Morgan fingerprint density at radius 2 is 1.89 bits per heavy atom. The summed E-state index contributed by atoms with van der Waals surface area (Å²) in [6.45, 7) is 4.59. The van der Waals surface area contributed by atoms with Crippen molar-refractivity contribution in [3.05, 3.63) is 29.3 Å². The van der Waals surface area contributed by atoms with Gasteiger partial charge in [-0.1, -0.05) is 26.7 Å². The molecule has 0 aliphatic rings. The summed E-state index contributed by atoms with van der Waals surface area (Å²) in [4.78, 5) is 10.7. The highest BCUT2D eigenvalue weighted by Crippen LogP contribution is 2.20. The van der Waals surface area contributed by atoms with Gasteiger partial charge in [0, 0.05) is 12.6 Å². The number of carboxylic acid groups (broad SMARTS) is 1. The predicted molar refractivity (Wildman–Crippen MR) is 65.9 cm³/mol. The van der Waals surface area contributed by atoms with Crippen LogP contribution < -0.4 is 5.32 Å². The van der Waals surface area contributed by atoms with E-state index in [0.717, 1.165) is 18.9 Å². The van der Waals surface area contributed by atoms with E-state index in [1.54, 1.807) is 0 Å². The van der Waals surface area contributed by atoms with Crippen LogP contribution in [0.1, 0.15) is 37.0 Å². The van der Waals surface area contributed by atoms with E-state index in [4.69, 9.17) is 5.11 Å². The van der Waals surface area contributed by atoms with Gasteiger partial charge in [-0.2, -0.15) is 0 Å². The van der Waals surface area contributed by atoms with Gasteiger partial charge in [-0.25, -0.2) is 13.6 Å². The lowest BCUT2D eigenvalue weighted by Gasteiger charge is -2.15. The SMILES string of the molecule is CCC(CC)CNc1cc(C(=O)O)c(F)cc1F. The molecular formula is C13H17F2NO2. The number of rotatable bonds is 6. The fraction of sp³-hybridized carbons (Fsp3) is 0.462. The zero-order valence-corrected chi connectivity index (χ0v) is 10.5. The number of anilines is 1. The van der Waals surface area contributed by atoms with Gasteiger partial charge in [-0.15, -0.1) is 0 Å². The Balaban J connectivity index is 2.88. The van der Waals surface area contributed by atoms with Crippen LogP contribution in [0.5, 0.6) is 0 Å². The fourth-order valence-corrected chi connectivity index (χ4v) is 1.68. The average Bonchev–Trinajstić information content (AvgIpc) is 2.32. The second-order valence-corrected chi connectivity index (χ2v) is 4.18. The van der Waals surface area contributed by atoms with Gasteiger partial charge in [-0.3, -0.25) is 0 Å². The highest BCUT2D eigenvalue weighted by atomic mass is 19.1. The minimum Gasteiger partial charge on any atom is -0.478 e. The molecule has 2 N–H and O–H groups in total. The number of benzene rings is 1. The van der Waals surface area contributed by atoms with E-state index in [1.165, 1.54) is 0 Å². The maximum Gasteiger partial charge on any atom is 0.338 e. The molecule has 1 aromatic rings. The van der Waals surface area contributed by atoms with Crippen molar-refractivity contribution in [2.75, 3.05) is 11.9 Å². The van der Waals surface area contributed by atoms with Crippen molar-refractivity contribution in [1.82, 2.24) is 0 Å². The third kappa shape index (κ3) is 3.42. The fourth-order valence-electron chi connectivity index (χ4n) is 1.68. The van der Waals surface area contributed by atoms with E-state index in [-0.39, 0.29) is 5.69 Å². The summed E-state index contributed by atoms with van der Waals surface area (Å²) in [5.41, 5.74) is -0.496. The number of halogens is 2. The van der Waals surface area contributed by atoms with Gasteiger partial charge >= 0.3 is 5.97 Å². The molecule has 0 bridgehead atoms. The van der Waals surface area contributed by atoms with E-state index >= 15 is 0 Å². The molecule has 0 radical (unpaired) electrons. The van der Waals surface area contributed by atoms with Crippen LogP contribution in [0.3, 0.4) is 0 Å². The molecule has 0 atom stereocenters. The van der Waals surface area contributed by atoms with E-state index in [0.29, 0.717) is 18.5 Å². The highest BCUT2D eigenvalue weighted by Gasteiger charge is 2.15. The lowest BCUT2D eigenvalue weighted by molar-refractivity contribution is 0.0692. The van der Waals surface area contributed by atoms with Crippen molar-refractivity contribution in [3.8, 4) is 0 Å². The Kier molecular flexibility index (Phi) is 5.07. The number of carbonyl (C=O) groups is 1. The van der Waals surface area contributed by atoms with E-state index in [2.05, 4.69) is 5.32 Å². The summed E-state index contributed by atoms with van der Waals surface area (Å²) < 4.78 is 26.6. The molecule has 0 unspecified atom stereocenters. The van der Waals surface area contributed by atoms with Crippen molar-refractivity contribution in [2.24, 2.45) is 5.92 Å². The van der Waals surface area contributed by atoms with Gasteiger partial charge in [0.05, 0.1) is 11.3 Å². The normalized spacial score (nSPS) is 10.7. The molecule has 1 aromatic carbocycles. The van der Waals surface area contributed by atoms with Crippen LogP contribution in [0.4, 0.5) is 14.5 Å². The van der Waals surface area contributed by atoms with Crippen molar-refractivity contribution in [2.45, 2.75) is 26.7 Å². The summed E-state index contributed by atoms with van der Waals surface area (Å²) in [7, 11) is 0. The molecule has 5 heteroatoms. The summed E-state index contributed by atoms with van der Waals surface area (Å²) in [6, 6.07) is 1.59. The van der Waals surface area contributed by atoms with Crippen LogP contribution in [0.15, 0.2) is 12.1 Å². The molecule has 0 saturated carbocycles. The first-order valence-electron chi connectivity index (χ1n) is 5.95. The molecule has 18 heavy (non-hydrogen) atoms. The molecule has 0 saturated heterocycles. The van der Waals surface area contributed by atoms with Gasteiger partial charge in [0.15, 0.2) is 0 Å². The monoisotopic (exact) mass is 257 g/mol. The van der Waals surface area contributed by atoms with Crippen LogP contribution in [0.25, 0.3) is 0 Å². The first-order chi connectivity index (χ1) is 8.49. The Hall–Kier alpha value is -1.65. The van der Waals surface area contributed by atoms with Crippen LogP contribution in [-0.2, 0) is 0 Å². The predicted octanol–water partition coefficient (Wildman–Crippen LogP) is 3.51. The molecule has 0 fully saturated rings. The van der Waals surface area contributed by atoms with Gasteiger partial charge in [0.2, 0.25) is 0 Å². The van der Waals surface area contributed by atoms with Crippen LogP contribution in [-0.4, -0.2) is 17.6 Å². The van der Waals surface area contributed by atoms with Crippen molar-refractivity contribution in [1.29, 1.82) is 0 Å². The Bertz CT molecular complexity index is 431. The maximum absolute atomic E-state index is 13.5. The molecule has 3 nitrogen and oxygen atoms in total. The molecule has 0 aromatic heterocycles. The second kappa shape index (κ2) is 6.33. The number of aromatic carboxylic acids is 1. The zero-order chi connectivity index (χ0) is 13.7. The molecule has 1 rings (SSSR count). The Morgan fingerprint density at radius 1 is 1.28 bits per heavy atom. The smallest absolute Gasteiger partial charge is 0.338 e. The third-order valence-electron chi connectivity index (χ3n) is 3.02. The molecule has 0 heterocycles. The van der Waals surface area contributed by atoms with Gasteiger partial charge in [0.25, 0.3) is 0 Å². The maximum atomic E-state index is 13.5. The first kappa shape index (κ1) is 14.4. The zero-order valence-electron chi connectivity index (χ0n) is 10.5. The molecule has 0 amide bonds. The second-order valence-electron chi connectivity index (χ2n) is 4.18. The molecular weight excluding hydrogens is 240 g/mol. The lowest BCUT2D eigenvalue weighted by atomic mass is 10.0. The first-order valence-corrected chi connectivity index (χ1v) is 5.95. The number of carboxylic acids is 1. The molecule has 100 valence electrons. The molecule has 0 aliphatic heterocycles. The lowest BCUT2D eigenvalue weighted by Crippen LogP contribution is -2.14. The van der Waals surface area contributed by atoms with Crippen LogP contribution in [0.2, 0.25) is 0 Å². The number of hydrogen-bond acceptors (Lipinski definition) is 2. The molecule has 0 aliphatic carbocycles. The Morgan fingerprint density at radius 3 is 2.39 bits per heavy atom. The topological polar surface area (TPSA) is 49.3 Å². The van der Waals surface area contributed by atoms with E-state index in [9.17, 15) is 13.6 Å². The van der Waals surface area contributed by atoms with E-state index in [1.807, 2.05) is 13.8 Å². The highest BCUT2D eigenvalue weighted by molar-refractivity contribution is 5.89. The van der Waals surface area contributed by atoms with Crippen molar-refractivity contribution in [3.63, 3.8) is 0 Å². The number of nitrogens with one attached hydrogen (secondary N) is 1. The van der Waals surface area contributed by atoms with Crippen molar-refractivity contribution < 1.29 is 18.7 Å². The average molecular weight is 257 g/mol. The summed E-state index contributed by atoms with van der Waals surface area (Å²) >= 11 is 0. The van der Waals surface area contributed by atoms with Crippen LogP contribution >= 0.6 is 0 Å².